The van der Waals surface area contributed by atoms with E-state index < -0.39 is 17.2 Å². The number of imidazole rings is 1. The van der Waals surface area contributed by atoms with Gasteiger partial charge in [-0.2, -0.15) is 0 Å². The van der Waals surface area contributed by atoms with Crippen molar-refractivity contribution in [1.82, 2.24) is 19.1 Å². The maximum Gasteiger partial charge on any atom is 0.338 e. The standard InChI is InChI=1S/C19H22N4O4/c1-4-5-10-23-16-15(17(24)21-19(23)26)22(3)14(20-16)11-27-18(25)13-8-6-12(2)7-9-13/h6-9H,4-5,10-11H2,1-3H3,(H,21,24,26). The van der Waals surface area contributed by atoms with E-state index in [-0.39, 0.29) is 12.1 Å². The van der Waals surface area contributed by atoms with Crippen LogP contribution in [0.5, 0.6) is 0 Å². The Balaban J connectivity index is 1.91. The molecule has 0 bridgehead atoms. The number of nitrogens with zero attached hydrogens (tertiary/aromatic N) is 3. The van der Waals surface area contributed by atoms with Crippen molar-refractivity contribution in [3.8, 4) is 0 Å². The number of aryl methyl sites for hydroxylation is 3. The second-order valence-electron chi connectivity index (χ2n) is 6.47. The summed E-state index contributed by atoms with van der Waals surface area (Å²) in [7, 11) is 1.66. The van der Waals surface area contributed by atoms with Gasteiger partial charge in [0.05, 0.1) is 5.56 Å². The summed E-state index contributed by atoms with van der Waals surface area (Å²) in [5.41, 5.74) is 1.09. The van der Waals surface area contributed by atoms with Crippen LogP contribution in [-0.2, 0) is 24.9 Å². The van der Waals surface area contributed by atoms with E-state index in [0.29, 0.717) is 23.6 Å². The largest absolute Gasteiger partial charge is 0.454 e. The lowest BCUT2D eigenvalue weighted by Gasteiger charge is -2.05. The maximum atomic E-state index is 12.2. The van der Waals surface area contributed by atoms with Crippen LogP contribution in [0.2, 0.25) is 0 Å². The van der Waals surface area contributed by atoms with Gasteiger partial charge in [0.25, 0.3) is 5.56 Å². The molecule has 0 radical (unpaired) electrons. The van der Waals surface area contributed by atoms with Gasteiger partial charge in [-0.15, -0.1) is 0 Å². The zero-order chi connectivity index (χ0) is 19.6. The number of carbonyl (C=O) groups is 1. The van der Waals surface area contributed by atoms with Crippen molar-refractivity contribution in [1.29, 1.82) is 0 Å². The molecule has 1 N–H and O–H groups in total. The van der Waals surface area contributed by atoms with Gasteiger partial charge < -0.3 is 9.30 Å². The zero-order valence-electron chi connectivity index (χ0n) is 15.6. The van der Waals surface area contributed by atoms with Crippen molar-refractivity contribution in [2.45, 2.75) is 39.8 Å². The highest BCUT2D eigenvalue weighted by Crippen LogP contribution is 2.12. The third-order valence-electron chi connectivity index (χ3n) is 4.46. The van der Waals surface area contributed by atoms with Crippen LogP contribution >= 0.6 is 0 Å². The molecule has 0 aliphatic carbocycles. The van der Waals surface area contributed by atoms with Gasteiger partial charge in [-0.05, 0) is 25.5 Å². The number of hydrogen-bond acceptors (Lipinski definition) is 5. The molecule has 0 aliphatic rings. The average molecular weight is 370 g/mol. The molecule has 2 heterocycles. The van der Waals surface area contributed by atoms with Gasteiger partial charge in [0.2, 0.25) is 0 Å². The first-order chi connectivity index (χ1) is 12.9. The summed E-state index contributed by atoms with van der Waals surface area (Å²) in [6.07, 6.45) is 1.69. The number of H-pyrrole nitrogens is 1. The highest BCUT2D eigenvalue weighted by Gasteiger charge is 2.17. The second-order valence-corrected chi connectivity index (χ2v) is 6.47. The van der Waals surface area contributed by atoms with Crippen LogP contribution in [0.25, 0.3) is 11.2 Å². The molecule has 3 aromatic rings. The Morgan fingerprint density at radius 3 is 2.59 bits per heavy atom. The summed E-state index contributed by atoms with van der Waals surface area (Å²) in [6, 6.07) is 7.05. The third kappa shape index (κ3) is 3.69. The van der Waals surface area contributed by atoms with Crippen LogP contribution in [0.1, 0.15) is 41.5 Å². The SMILES string of the molecule is CCCCn1c(=O)[nH]c(=O)c2c1nc(COC(=O)c1ccc(C)cc1)n2C. The Morgan fingerprint density at radius 2 is 1.93 bits per heavy atom. The van der Waals surface area contributed by atoms with Gasteiger partial charge in [-0.3, -0.25) is 14.3 Å². The van der Waals surface area contributed by atoms with Crippen molar-refractivity contribution in [3.63, 3.8) is 0 Å². The Labute approximate surface area is 155 Å². The molecular formula is C19H22N4O4. The normalized spacial score (nSPS) is 11.1. The summed E-state index contributed by atoms with van der Waals surface area (Å²) in [5.74, 6) is -0.0776. The summed E-state index contributed by atoms with van der Waals surface area (Å²) in [4.78, 5) is 43.3. The number of ether oxygens (including phenoxy) is 1. The van der Waals surface area contributed by atoms with E-state index >= 15 is 0 Å². The van der Waals surface area contributed by atoms with E-state index in [1.807, 2.05) is 26.0 Å². The molecule has 0 aliphatic heterocycles. The number of rotatable bonds is 6. The monoisotopic (exact) mass is 370 g/mol. The van der Waals surface area contributed by atoms with Gasteiger partial charge in [-0.25, -0.2) is 14.6 Å². The molecular weight excluding hydrogens is 348 g/mol. The average Bonchev–Trinajstić information content (AvgIpc) is 2.97. The number of unbranched alkanes of at least 4 members (excludes halogenated alkanes) is 1. The minimum atomic E-state index is -0.506. The number of aromatic nitrogens is 4. The van der Waals surface area contributed by atoms with Crippen LogP contribution in [-0.4, -0.2) is 25.1 Å². The van der Waals surface area contributed by atoms with Crippen LogP contribution in [0.15, 0.2) is 33.9 Å². The summed E-state index contributed by atoms with van der Waals surface area (Å²) in [6.45, 7) is 4.31. The highest BCUT2D eigenvalue weighted by molar-refractivity contribution is 5.89. The molecule has 27 heavy (non-hydrogen) atoms. The number of benzene rings is 1. The van der Waals surface area contributed by atoms with E-state index in [4.69, 9.17) is 4.74 Å². The smallest absolute Gasteiger partial charge is 0.338 e. The molecule has 3 rings (SSSR count). The minimum absolute atomic E-state index is 0.0979. The number of fused-ring (bicyclic) bond motifs is 1. The topological polar surface area (TPSA) is 99.0 Å². The Morgan fingerprint density at radius 1 is 1.22 bits per heavy atom. The molecule has 0 saturated carbocycles. The molecule has 8 nitrogen and oxygen atoms in total. The van der Waals surface area contributed by atoms with Gasteiger partial charge in [0.15, 0.2) is 11.2 Å². The fraction of sp³-hybridized carbons (Fsp3) is 0.368. The van der Waals surface area contributed by atoms with Crippen molar-refractivity contribution < 1.29 is 9.53 Å². The molecule has 0 unspecified atom stereocenters. The molecule has 0 spiro atoms. The fourth-order valence-electron chi connectivity index (χ4n) is 2.85. The van der Waals surface area contributed by atoms with Gasteiger partial charge in [0, 0.05) is 13.6 Å². The van der Waals surface area contributed by atoms with Crippen molar-refractivity contribution in [3.05, 3.63) is 62.1 Å². The number of aromatic amines is 1. The number of nitrogens with one attached hydrogen (secondary N) is 1. The Bertz CT molecular complexity index is 1090. The molecule has 0 amide bonds. The van der Waals surface area contributed by atoms with Crippen molar-refractivity contribution >= 4 is 17.1 Å². The Kier molecular flexibility index (Phi) is 5.25. The number of hydrogen-bond donors (Lipinski definition) is 1. The predicted molar refractivity (Wildman–Crippen MR) is 101 cm³/mol. The van der Waals surface area contributed by atoms with Crippen LogP contribution in [0.3, 0.4) is 0 Å². The fourth-order valence-corrected chi connectivity index (χ4v) is 2.85. The number of carbonyl (C=O) groups excluding carboxylic acids is 1. The lowest BCUT2D eigenvalue weighted by Crippen LogP contribution is -2.31. The lowest BCUT2D eigenvalue weighted by molar-refractivity contribution is 0.0459. The van der Waals surface area contributed by atoms with E-state index in [1.54, 1.807) is 23.7 Å². The number of esters is 1. The zero-order valence-corrected chi connectivity index (χ0v) is 15.6. The summed E-state index contributed by atoms with van der Waals surface area (Å²) < 4.78 is 8.34. The first kappa shape index (κ1) is 18.6. The lowest BCUT2D eigenvalue weighted by atomic mass is 10.1. The van der Waals surface area contributed by atoms with E-state index in [1.165, 1.54) is 4.57 Å². The van der Waals surface area contributed by atoms with Crippen LogP contribution in [0, 0.1) is 6.92 Å². The molecule has 2 aromatic heterocycles. The molecule has 1 aromatic carbocycles. The van der Waals surface area contributed by atoms with E-state index in [2.05, 4.69) is 9.97 Å². The van der Waals surface area contributed by atoms with Crippen molar-refractivity contribution in [2.75, 3.05) is 0 Å². The summed E-state index contributed by atoms with van der Waals surface area (Å²) in [5, 5.41) is 0. The van der Waals surface area contributed by atoms with Gasteiger partial charge >= 0.3 is 11.7 Å². The molecule has 142 valence electrons. The molecule has 0 fully saturated rings. The van der Waals surface area contributed by atoms with Gasteiger partial charge in [0.1, 0.15) is 12.4 Å². The third-order valence-corrected chi connectivity index (χ3v) is 4.46. The molecule has 8 heteroatoms. The summed E-state index contributed by atoms with van der Waals surface area (Å²) >= 11 is 0. The Hall–Kier alpha value is -3.16. The molecule has 0 saturated heterocycles. The van der Waals surface area contributed by atoms with Crippen molar-refractivity contribution in [2.24, 2.45) is 7.05 Å². The van der Waals surface area contributed by atoms with E-state index in [9.17, 15) is 14.4 Å². The predicted octanol–water partition coefficient (Wildman–Crippen LogP) is 1.89. The molecule has 0 atom stereocenters. The highest BCUT2D eigenvalue weighted by atomic mass is 16.5. The minimum Gasteiger partial charge on any atom is -0.454 e. The first-order valence-corrected chi connectivity index (χ1v) is 8.84. The maximum absolute atomic E-state index is 12.2. The quantitative estimate of drug-likeness (QED) is 0.668. The first-order valence-electron chi connectivity index (χ1n) is 8.84. The van der Waals surface area contributed by atoms with E-state index in [0.717, 1.165) is 18.4 Å². The van der Waals surface area contributed by atoms with Crippen LogP contribution in [0.4, 0.5) is 0 Å². The van der Waals surface area contributed by atoms with Gasteiger partial charge in [-0.1, -0.05) is 31.0 Å². The second kappa shape index (κ2) is 7.61. The van der Waals surface area contributed by atoms with Crippen LogP contribution < -0.4 is 11.2 Å².